The van der Waals surface area contributed by atoms with E-state index in [1.165, 1.54) is 0 Å². The largest absolute Gasteiger partial charge is 0.457 e. The Kier molecular flexibility index (Phi) is 5.10. The second kappa shape index (κ2) is 7.85. The summed E-state index contributed by atoms with van der Waals surface area (Å²) in [5.41, 5.74) is 7.94. The van der Waals surface area contributed by atoms with Crippen molar-refractivity contribution in [3.05, 3.63) is 96.6 Å². The molecule has 0 aliphatic carbocycles. The third-order valence-corrected chi connectivity index (χ3v) is 5.73. The number of nitrogen functional groups attached to an aromatic ring is 1. The number of nitrogens with two attached hydrogens (primary N) is 1. The fourth-order valence-electron chi connectivity index (χ4n) is 3.11. The maximum Gasteiger partial charge on any atom is 0.236 e. The third kappa shape index (κ3) is 4.50. The van der Waals surface area contributed by atoms with Crippen LogP contribution in [0.25, 0.3) is 10.8 Å². The first-order valence-corrected chi connectivity index (χ1v) is 10.7. The highest BCUT2D eigenvalue weighted by Gasteiger charge is 2.12. The smallest absolute Gasteiger partial charge is 0.236 e. The molecular weight excluding hydrogens is 384 g/mol. The number of sulfonamides is 1. The molecule has 0 aliphatic rings. The van der Waals surface area contributed by atoms with E-state index in [1.807, 2.05) is 54.6 Å². The van der Waals surface area contributed by atoms with Crippen LogP contribution in [-0.2, 0) is 15.8 Å². The molecule has 6 heteroatoms. The third-order valence-electron chi connectivity index (χ3n) is 4.47. The lowest BCUT2D eigenvalue weighted by atomic mass is 10.1. The van der Waals surface area contributed by atoms with Crippen molar-refractivity contribution >= 4 is 32.2 Å². The van der Waals surface area contributed by atoms with E-state index in [2.05, 4.69) is 4.72 Å². The molecule has 0 heterocycles. The minimum absolute atomic E-state index is 0.0798. The SMILES string of the molecule is Nc1ccc(Oc2ccc(NS(=O)(=O)Cc3ccccc3)cc2)c2ccccc12. The molecule has 0 aromatic heterocycles. The van der Waals surface area contributed by atoms with E-state index >= 15 is 0 Å². The predicted molar refractivity (Wildman–Crippen MR) is 118 cm³/mol. The van der Waals surface area contributed by atoms with Gasteiger partial charge in [-0.25, -0.2) is 8.42 Å². The molecule has 0 radical (unpaired) electrons. The van der Waals surface area contributed by atoms with Gasteiger partial charge in [-0.2, -0.15) is 0 Å². The van der Waals surface area contributed by atoms with Crippen molar-refractivity contribution in [3.8, 4) is 11.5 Å². The number of hydrogen-bond donors (Lipinski definition) is 2. The van der Waals surface area contributed by atoms with Gasteiger partial charge in [0.1, 0.15) is 11.5 Å². The van der Waals surface area contributed by atoms with Crippen molar-refractivity contribution in [1.29, 1.82) is 0 Å². The molecule has 0 bridgehead atoms. The fraction of sp³-hybridized carbons (Fsp3) is 0.0435. The van der Waals surface area contributed by atoms with E-state index in [0.29, 0.717) is 22.9 Å². The Hall–Kier alpha value is -3.51. The molecule has 0 fully saturated rings. The first kappa shape index (κ1) is 18.8. The quantitative estimate of drug-likeness (QED) is 0.435. The van der Waals surface area contributed by atoms with Crippen molar-refractivity contribution < 1.29 is 13.2 Å². The van der Waals surface area contributed by atoms with Gasteiger partial charge in [0, 0.05) is 22.1 Å². The Morgan fingerprint density at radius 2 is 1.41 bits per heavy atom. The average molecular weight is 404 g/mol. The van der Waals surface area contributed by atoms with Gasteiger partial charge in [-0.3, -0.25) is 4.72 Å². The first-order valence-electron chi connectivity index (χ1n) is 9.10. The van der Waals surface area contributed by atoms with Crippen molar-refractivity contribution in [2.24, 2.45) is 0 Å². The number of rotatable bonds is 6. The van der Waals surface area contributed by atoms with Crippen molar-refractivity contribution in [2.45, 2.75) is 5.75 Å². The van der Waals surface area contributed by atoms with E-state index < -0.39 is 10.0 Å². The van der Waals surface area contributed by atoms with Gasteiger partial charge in [-0.05, 0) is 42.0 Å². The zero-order chi connectivity index (χ0) is 20.3. The summed E-state index contributed by atoms with van der Waals surface area (Å²) in [7, 11) is -3.50. The highest BCUT2D eigenvalue weighted by atomic mass is 32.2. The molecule has 4 aromatic rings. The molecule has 29 heavy (non-hydrogen) atoms. The highest BCUT2D eigenvalue weighted by molar-refractivity contribution is 7.91. The van der Waals surface area contributed by atoms with Gasteiger partial charge in [-0.1, -0.05) is 54.6 Å². The monoisotopic (exact) mass is 404 g/mol. The van der Waals surface area contributed by atoms with Crippen LogP contribution in [-0.4, -0.2) is 8.42 Å². The van der Waals surface area contributed by atoms with Crippen LogP contribution in [0.1, 0.15) is 5.56 Å². The average Bonchev–Trinajstić information content (AvgIpc) is 2.72. The first-order chi connectivity index (χ1) is 14.0. The summed E-state index contributed by atoms with van der Waals surface area (Å²) in [5.74, 6) is 1.21. The van der Waals surface area contributed by atoms with Crippen LogP contribution in [0.4, 0.5) is 11.4 Å². The topological polar surface area (TPSA) is 81.4 Å². The van der Waals surface area contributed by atoms with Gasteiger partial charge < -0.3 is 10.5 Å². The lowest BCUT2D eigenvalue weighted by Gasteiger charge is -2.12. The van der Waals surface area contributed by atoms with Gasteiger partial charge in [0.15, 0.2) is 0 Å². The molecule has 0 aliphatic heterocycles. The molecule has 4 aromatic carbocycles. The molecule has 3 N–H and O–H groups in total. The number of fused-ring (bicyclic) bond motifs is 1. The molecule has 0 spiro atoms. The summed E-state index contributed by atoms with van der Waals surface area (Å²) in [6, 6.07) is 27.3. The summed E-state index contributed by atoms with van der Waals surface area (Å²) in [5, 5.41) is 1.84. The van der Waals surface area contributed by atoms with Crippen LogP contribution < -0.4 is 15.2 Å². The fourth-order valence-corrected chi connectivity index (χ4v) is 4.31. The van der Waals surface area contributed by atoms with Gasteiger partial charge >= 0.3 is 0 Å². The van der Waals surface area contributed by atoms with E-state index in [1.54, 1.807) is 36.4 Å². The summed E-state index contributed by atoms with van der Waals surface area (Å²) in [4.78, 5) is 0. The molecule has 0 atom stereocenters. The standard InChI is InChI=1S/C23H20N2O3S/c24-22-14-15-23(21-9-5-4-8-20(21)22)28-19-12-10-18(11-13-19)25-29(26,27)16-17-6-2-1-3-7-17/h1-15,25H,16,24H2. The zero-order valence-electron chi connectivity index (χ0n) is 15.6. The maximum atomic E-state index is 12.4. The van der Waals surface area contributed by atoms with Crippen LogP contribution in [0.5, 0.6) is 11.5 Å². The second-order valence-electron chi connectivity index (χ2n) is 6.67. The Balaban J connectivity index is 1.49. The molecule has 0 saturated heterocycles. The second-order valence-corrected chi connectivity index (χ2v) is 8.39. The van der Waals surface area contributed by atoms with Gasteiger partial charge in [0.25, 0.3) is 0 Å². The predicted octanol–water partition coefficient (Wildman–Crippen LogP) is 5.16. The summed E-state index contributed by atoms with van der Waals surface area (Å²) < 4.78 is 33.3. The van der Waals surface area contributed by atoms with Gasteiger partial charge in [0.05, 0.1) is 5.75 Å². The van der Waals surface area contributed by atoms with Gasteiger partial charge in [0.2, 0.25) is 10.0 Å². The molecule has 0 amide bonds. The molecule has 0 unspecified atom stereocenters. The Bertz CT molecular complexity index is 1240. The Morgan fingerprint density at radius 3 is 2.14 bits per heavy atom. The molecule has 4 rings (SSSR count). The zero-order valence-corrected chi connectivity index (χ0v) is 16.4. The van der Waals surface area contributed by atoms with Crippen LogP contribution in [0, 0.1) is 0 Å². The maximum absolute atomic E-state index is 12.4. The summed E-state index contributed by atoms with van der Waals surface area (Å²) in [6.07, 6.45) is 0. The van der Waals surface area contributed by atoms with Crippen LogP contribution >= 0.6 is 0 Å². The number of ether oxygens (including phenoxy) is 1. The van der Waals surface area contributed by atoms with Crippen molar-refractivity contribution in [1.82, 2.24) is 0 Å². The van der Waals surface area contributed by atoms with Crippen molar-refractivity contribution in [2.75, 3.05) is 10.5 Å². The molecular formula is C23H20N2O3S. The Labute approximate surface area is 169 Å². The number of nitrogens with one attached hydrogen (secondary N) is 1. The lowest BCUT2D eigenvalue weighted by molar-refractivity contribution is 0.488. The Morgan fingerprint density at radius 1 is 0.759 bits per heavy atom. The summed E-state index contributed by atoms with van der Waals surface area (Å²) in [6.45, 7) is 0. The highest BCUT2D eigenvalue weighted by Crippen LogP contribution is 2.33. The van der Waals surface area contributed by atoms with Crippen LogP contribution in [0.15, 0.2) is 91.0 Å². The number of hydrogen-bond acceptors (Lipinski definition) is 4. The molecule has 0 saturated carbocycles. The van der Waals surface area contributed by atoms with E-state index in [-0.39, 0.29) is 5.75 Å². The minimum atomic E-state index is -3.50. The van der Waals surface area contributed by atoms with Gasteiger partial charge in [-0.15, -0.1) is 0 Å². The molecule has 146 valence electrons. The van der Waals surface area contributed by atoms with E-state index in [9.17, 15) is 8.42 Å². The number of anilines is 2. The number of benzene rings is 4. The summed E-state index contributed by atoms with van der Waals surface area (Å²) >= 11 is 0. The normalized spacial score (nSPS) is 11.3. The molecule has 5 nitrogen and oxygen atoms in total. The van der Waals surface area contributed by atoms with Crippen LogP contribution in [0.3, 0.4) is 0 Å². The van der Waals surface area contributed by atoms with E-state index in [0.717, 1.165) is 16.3 Å². The van der Waals surface area contributed by atoms with Crippen LogP contribution in [0.2, 0.25) is 0 Å². The lowest BCUT2D eigenvalue weighted by Crippen LogP contribution is -2.14. The van der Waals surface area contributed by atoms with E-state index in [4.69, 9.17) is 10.5 Å². The minimum Gasteiger partial charge on any atom is -0.457 e. The van der Waals surface area contributed by atoms with Crippen molar-refractivity contribution in [3.63, 3.8) is 0 Å².